The van der Waals surface area contributed by atoms with Crippen molar-refractivity contribution in [1.29, 1.82) is 0 Å². The molecule has 35 heavy (non-hydrogen) atoms. The highest BCUT2D eigenvalue weighted by Crippen LogP contribution is 2.31. The van der Waals surface area contributed by atoms with Gasteiger partial charge in [-0.15, -0.1) is 0 Å². The van der Waals surface area contributed by atoms with Crippen LogP contribution in [0.3, 0.4) is 0 Å². The maximum Gasteiger partial charge on any atom is 0.140 e. The van der Waals surface area contributed by atoms with Gasteiger partial charge in [-0.05, 0) is 37.1 Å². The zero-order chi connectivity index (χ0) is 24.5. The summed E-state index contributed by atoms with van der Waals surface area (Å²) >= 11 is 0. The molecule has 0 saturated carbocycles. The lowest BCUT2D eigenvalue weighted by molar-refractivity contribution is 0.250. The number of hydrogen-bond donors (Lipinski definition) is 0. The molecule has 0 aliphatic rings. The van der Waals surface area contributed by atoms with E-state index in [1.165, 1.54) is 22.4 Å². The van der Waals surface area contributed by atoms with Crippen LogP contribution >= 0.6 is 0 Å². The number of ether oxygens (including phenoxy) is 1. The van der Waals surface area contributed by atoms with Crippen molar-refractivity contribution in [1.82, 2.24) is 14.5 Å². The predicted octanol–water partition coefficient (Wildman–Crippen LogP) is 7.44. The van der Waals surface area contributed by atoms with E-state index in [0.29, 0.717) is 0 Å². The molecule has 0 fully saturated rings. The first-order valence-electron chi connectivity index (χ1n) is 12.8. The van der Waals surface area contributed by atoms with Crippen LogP contribution in [-0.4, -0.2) is 28.1 Å². The van der Waals surface area contributed by atoms with Crippen molar-refractivity contribution < 1.29 is 4.74 Å². The van der Waals surface area contributed by atoms with Gasteiger partial charge in [-0.25, -0.2) is 4.98 Å². The highest BCUT2D eigenvalue weighted by atomic mass is 16.5. The third-order valence-corrected chi connectivity index (χ3v) is 6.34. The van der Waals surface area contributed by atoms with Crippen molar-refractivity contribution in [3.63, 3.8) is 0 Å². The Bertz CT molecular complexity index is 1180. The SMILES string of the molecule is CCCCn1c(-c2ccccc2)nc(-c2ccccc2)c1CN(CCC)Cc1cccc(OC)c1. The molecule has 0 aliphatic heterocycles. The first kappa shape index (κ1) is 24.7. The maximum absolute atomic E-state index is 5.47. The zero-order valence-electron chi connectivity index (χ0n) is 21.3. The van der Waals surface area contributed by atoms with Crippen LogP contribution in [0.15, 0.2) is 84.9 Å². The van der Waals surface area contributed by atoms with Crippen molar-refractivity contribution in [3.05, 3.63) is 96.2 Å². The van der Waals surface area contributed by atoms with Crippen LogP contribution in [0.4, 0.5) is 0 Å². The van der Waals surface area contributed by atoms with Crippen LogP contribution in [0.2, 0.25) is 0 Å². The van der Waals surface area contributed by atoms with E-state index < -0.39 is 0 Å². The normalized spacial score (nSPS) is 11.2. The van der Waals surface area contributed by atoms with E-state index in [4.69, 9.17) is 9.72 Å². The molecule has 0 unspecified atom stereocenters. The average molecular weight is 468 g/mol. The monoisotopic (exact) mass is 467 g/mol. The van der Waals surface area contributed by atoms with Crippen LogP contribution in [-0.2, 0) is 19.6 Å². The second kappa shape index (κ2) is 12.4. The van der Waals surface area contributed by atoms with E-state index in [0.717, 1.165) is 62.7 Å². The van der Waals surface area contributed by atoms with Gasteiger partial charge in [0, 0.05) is 30.8 Å². The highest BCUT2D eigenvalue weighted by Gasteiger charge is 2.21. The summed E-state index contributed by atoms with van der Waals surface area (Å²) in [5.41, 5.74) is 5.99. The van der Waals surface area contributed by atoms with E-state index in [-0.39, 0.29) is 0 Å². The number of benzene rings is 3. The predicted molar refractivity (Wildman–Crippen MR) is 145 cm³/mol. The topological polar surface area (TPSA) is 30.3 Å². The summed E-state index contributed by atoms with van der Waals surface area (Å²) in [6.07, 6.45) is 3.37. The first-order valence-corrected chi connectivity index (χ1v) is 12.8. The lowest BCUT2D eigenvalue weighted by Gasteiger charge is -2.24. The summed E-state index contributed by atoms with van der Waals surface area (Å²) in [6.45, 7) is 8.21. The minimum Gasteiger partial charge on any atom is -0.497 e. The Morgan fingerprint density at radius 2 is 1.51 bits per heavy atom. The van der Waals surface area contributed by atoms with Gasteiger partial charge in [-0.3, -0.25) is 4.90 Å². The van der Waals surface area contributed by atoms with E-state index in [9.17, 15) is 0 Å². The molecule has 4 nitrogen and oxygen atoms in total. The number of hydrogen-bond acceptors (Lipinski definition) is 3. The summed E-state index contributed by atoms with van der Waals surface area (Å²) in [5.74, 6) is 1.97. The molecule has 0 aliphatic carbocycles. The summed E-state index contributed by atoms with van der Waals surface area (Å²) in [6, 6.07) is 29.7. The standard InChI is InChI=1S/C31H37N3O/c1-4-6-21-34-29(24-33(20-5-2)23-25-14-13-19-28(22-25)35-3)30(26-15-9-7-10-16-26)32-31(34)27-17-11-8-12-18-27/h7-19,22H,4-6,20-21,23-24H2,1-3H3. The number of aromatic nitrogens is 2. The van der Waals surface area contributed by atoms with Gasteiger partial charge in [0.2, 0.25) is 0 Å². The molecule has 4 aromatic rings. The Labute approximate surface area is 210 Å². The number of nitrogens with zero attached hydrogens (tertiary/aromatic N) is 3. The Kier molecular flexibility index (Phi) is 8.74. The fourth-order valence-electron chi connectivity index (χ4n) is 4.61. The van der Waals surface area contributed by atoms with Gasteiger partial charge in [-0.2, -0.15) is 0 Å². The molecule has 0 radical (unpaired) electrons. The van der Waals surface area contributed by atoms with Crippen molar-refractivity contribution >= 4 is 0 Å². The summed E-state index contributed by atoms with van der Waals surface area (Å²) in [5, 5.41) is 0. The molecule has 0 atom stereocenters. The molecule has 0 saturated heterocycles. The van der Waals surface area contributed by atoms with Gasteiger partial charge in [0.05, 0.1) is 18.5 Å². The Balaban J connectivity index is 1.78. The minimum absolute atomic E-state index is 0.846. The Morgan fingerprint density at radius 3 is 2.17 bits per heavy atom. The third-order valence-electron chi connectivity index (χ3n) is 6.34. The van der Waals surface area contributed by atoms with Crippen molar-refractivity contribution in [2.75, 3.05) is 13.7 Å². The zero-order valence-corrected chi connectivity index (χ0v) is 21.3. The molecule has 4 heteroatoms. The largest absolute Gasteiger partial charge is 0.497 e. The fraction of sp³-hybridized carbons (Fsp3) is 0.323. The van der Waals surface area contributed by atoms with Crippen LogP contribution < -0.4 is 4.74 Å². The maximum atomic E-state index is 5.47. The van der Waals surface area contributed by atoms with Crippen molar-refractivity contribution in [2.45, 2.75) is 52.7 Å². The molecule has 4 rings (SSSR count). The van der Waals surface area contributed by atoms with Gasteiger partial charge >= 0.3 is 0 Å². The highest BCUT2D eigenvalue weighted by molar-refractivity contribution is 5.68. The Hall–Kier alpha value is -3.37. The lowest BCUT2D eigenvalue weighted by atomic mass is 10.1. The quantitative estimate of drug-likeness (QED) is 0.217. The molecular formula is C31H37N3O. The molecule has 1 aromatic heterocycles. The lowest BCUT2D eigenvalue weighted by Crippen LogP contribution is -2.25. The summed E-state index contributed by atoms with van der Waals surface area (Å²) in [7, 11) is 1.73. The van der Waals surface area contributed by atoms with Crippen molar-refractivity contribution in [2.24, 2.45) is 0 Å². The fourth-order valence-corrected chi connectivity index (χ4v) is 4.61. The number of rotatable bonds is 12. The summed E-state index contributed by atoms with van der Waals surface area (Å²) in [4.78, 5) is 7.80. The van der Waals surface area contributed by atoms with Gasteiger partial charge in [-0.1, -0.05) is 93.1 Å². The van der Waals surface area contributed by atoms with Crippen LogP contribution in [0.1, 0.15) is 44.4 Å². The van der Waals surface area contributed by atoms with Crippen LogP contribution in [0, 0.1) is 0 Å². The molecule has 0 N–H and O–H groups in total. The number of methoxy groups -OCH3 is 1. The smallest absolute Gasteiger partial charge is 0.140 e. The number of unbranched alkanes of at least 4 members (excludes halogenated alkanes) is 1. The first-order chi connectivity index (χ1) is 17.2. The molecule has 0 amide bonds. The minimum atomic E-state index is 0.846. The summed E-state index contributed by atoms with van der Waals surface area (Å²) < 4.78 is 7.94. The second-order valence-electron chi connectivity index (χ2n) is 9.03. The van der Waals surface area contributed by atoms with Gasteiger partial charge in [0.15, 0.2) is 0 Å². The third kappa shape index (κ3) is 6.20. The second-order valence-corrected chi connectivity index (χ2v) is 9.03. The van der Waals surface area contributed by atoms with E-state index in [1.54, 1.807) is 7.11 Å². The molecule has 0 bridgehead atoms. The van der Waals surface area contributed by atoms with Crippen LogP contribution in [0.25, 0.3) is 22.6 Å². The van der Waals surface area contributed by atoms with E-state index >= 15 is 0 Å². The van der Waals surface area contributed by atoms with Crippen LogP contribution in [0.5, 0.6) is 5.75 Å². The van der Waals surface area contributed by atoms with Gasteiger partial charge < -0.3 is 9.30 Å². The van der Waals surface area contributed by atoms with E-state index in [2.05, 4.69) is 102 Å². The molecule has 1 heterocycles. The Morgan fingerprint density at radius 1 is 0.800 bits per heavy atom. The average Bonchev–Trinajstić information content (AvgIpc) is 3.26. The van der Waals surface area contributed by atoms with E-state index in [1.807, 2.05) is 6.07 Å². The molecule has 0 spiro atoms. The molecular weight excluding hydrogens is 430 g/mol. The number of imidazole rings is 1. The molecule has 182 valence electrons. The van der Waals surface area contributed by atoms with Crippen molar-refractivity contribution in [3.8, 4) is 28.4 Å². The molecule has 3 aromatic carbocycles. The van der Waals surface area contributed by atoms with Gasteiger partial charge in [0.25, 0.3) is 0 Å². The van der Waals surface area contributed by atoms with Gasteiger partial charge in [0.1, 0.15) is 11.6 Å².